The number of rotatable bonds is 3. The number of hydrogen-bond donors (Lipinski definition) is 1. The van der Waals surface area contributed by atoms with Crippen molar-refractivity contribution in [3.05, 3.63) is 5.69 Å². The van der Waals surface area contributed by atoms with Gasteiger partial charge in [-0.2, -0.15) is 5.10 Å². The second kappa shape index (κ2) is 4.59. The Hall–Kier alpha value is -1.19. The molecule has 4 heteroatoms. The molecule has 0 spiro atoms. The van der Waals surface area contributed by atoms with Gasteiger partial charge in [-0.25, -0.2) is 0 Å². The maximum Gasteiger partial charge on any atom is 0.150 e. The quantitative estimate of drug-likeness (QED) is 0.877. The van der Waals surface area contributed by atoms with E-state index in [9.17, 15) is 0 Å². The number of anilines is 2. The van der Waals surface area contributed by atoms with E-state index < -0.39 is 0 Å². The minimum atomic E-state index is 0.381. The summed E-state index contributed by atoms with van der Waals surface area (Å²) >= 11 is 0. The summed E-state index contributed by atoms with van der Waals surface area (Å²) < 4.78 is 1.93. The van der Waals surface area contributed by atoms with Gasteiger partial charge in [-0.05, 0) is 18.8 Å². The molecule has 0 unspecified atom stereocenters. The SMILES string of the molecule is CC(C)c1nn(C)c(N(C)C2CCCC2)c1N. The summed E-state index contributed by atoms with van der Waals surface area (Å²) in [6.07, 6.45) is 5.23. The molecule has 1 aliphatic carbocycles. The fourth-order valence-corrected chi connectivity index (χ4v) is 2.86. The van der Waals surface area contributed by atoms with Crippen LogP contribution in [-0.4, -0.2) is 22.9 Å². The van der Waals surface area contributed by atoms with Gasteiger partial charge in [0.1, 0.15) is 5.82 Å². The first kappa shape index (κ1) is 12.3. The van der Waals surface area contributed by atoms with Crippen molar-refractivity contribution in [1.29, 1.82) is 0 Å². The molecule has 1 heterocycles. The molecule has 1 fully saturated rings. The summed E-state index contributed by atoms with van der Waals surface area (Å²) in [4.78, 5) is 2.32. The molecule has 0 amide bonds. The largest absolute Gasteiger partial charge is 0.394 e. The van der Waals surface area contributed by atoms with Crippen LogP contribution in [0.15, 0.2) is 0 Å². The van der Waals surface area contributed by atoms with Crippen molar-refractivity contribution >= 4 is 11.5 Å². The van der Waals surface area contributed by atoms with E-state index in [1.54, 1.807) is 0 Å². The molecule has 2 N–H and O–H groups in total. The van der Waals surface area contributed by atoms with Gasteiger partial charge in [-0.15, -0.1) is 0 Å². The number of nitrogen functional groups attached to an aromatic ring is 1. The second-order valence-corrected chi connectivity index (χ2v) is 5.45. The Labute approximate surface area is 104 Å². The fourth-order valence-electron chi connectivity index (χ4n) is 2.86. The number of aromatic nitrogens is 2. The van der Waals surface area contributed by atoms with Crippen LogP contribution in [0.2, 0.25) is 0 Å². The third-order valence-electron chi connectivity index (χ3n) is 3.83. The lowest BCUT2D eigenvalue weighted by atomic mass is 10.1. The van der Waals surface area contributed by atoms with Crippen molar-refractivity contribution in [3.63, 3.8) is 0 Å². The molecule has 1 saturated carbocycles. The number of nitrogens with two attached hydrogens (primary N) is 1. The van der Waals surface area contributed by atoms with Crippen LogP contribution in [0.25, 0.3) is 0 Å². The summed E-state index contributed by atoms with van der Waals surface area (Å²) in [6, 6.07) is 0.632. The maximum atomic E-state index is 6.25. The number of aryl methyl sites for hydroxylation is 1. The molecule has 0 bridgehead atoms. The lowest BCUT2D eigenvalue weighted by molar-refractivity contribution is 0.619. The fraction of sp³-hybridized carbons (Fsp3) is 0.769. The maximum absolute atomic E-state index is 6.25. The van der Waals surface area contributed by atoms with Crippen molar-refractivity contribution in [2.24, 2.45) is 7.05 Å². The minimum Gasteiger partial charge on any atom is -0.394 e. The highest BCUT2D eigenvalue weighted by molar-refractivity contribution is 5.67. The topological polar surface area (TPSA) is 47.1 Å². The van der Waals surface area contributed by atoms with E-state index in [1.165, 1.54) is 25.7 Å². The predicted octanol–water partition coefficient (Wildman–Crippen LogP) is 2.50. The third-order valence-corrected chi connectivity index (χ3v) is 3.83. The molecule has 1 aromatic heterocycles. The average molecular weight is 236 g/mol. The highest BCUT2D eigenvalue weighted by atomic mass is 15.4. The number of hydrogen-bond acceptors (Lipinski definition) is 3. The van der Waals surface area contributed by atoms with Gasteiger partial charge in [-0.1, -0.05) is 26.7 Å². The zero-order chi connectivity index (χ0) is 12.6. The van der Waals surface area contributed by atoms with Crippen LogP contribution in [0.5, 0.6) is 0 Å². The van der Waals surface area contributed by atoms with Gasteiger partial charge < -0.3 is 10.6 Å². The normalized spacial score (nSPS) is 17.0. The average Bonchev–Trinajstić information content (AvgIpc) is 2.86. The molecule has 4 nitrogen and oxygen atoms in total. The second-order valence-electron chi connectivity index (χ2n) is 5.45. The van der Waals surface area contributed by atoms with Gasteiger partial charge >= 0.3 is 0 Å². The summed E-state index contributed by atoms with van der Waals surface area (Å²) in [5.74, 6) is 1.47. The Morgan fingerprint density at radius 1 is 1.35 bits per heavy atom. The standard InChI is InChI=1S/C13H24N4/c1-9(2)12-11(14)13(17(4)15-12)16(3)10-7-5-6-8-10/h9-10H,5-8,14H2,1-4H3. The highest BCUT2D eigenvalue weighted by Gasteiger charge is 2.25. The molecule has 2 rings (SSSR count). The molecule has 0 aliphatic heterocycles. The molecule has 1 aliphatic rings. The molecule has 0 radical (unpaired) electrons. The summed E-state index contributed by atoms with van der Waals surface area (Å²) in [5, 5.41) is 4.55. The first-order valence-corrected chi connectivity index (χ1v) is 6.57. The van der Waals surface area contributed by atoms with Crippen molar-refractivity contribution < 1.29 is 0 Å². The third kappa shape index (κ3) is 2.13. The van der Waals surface area contributed by atoms with Crippen molar-refractivity contribution in [2.75, 3.05) is 17.7 Å². The molecule has 0 aromatic carbocycles. The van der Waals surface area contributed by atoms with E-state index in [1.807, 2.05) is 11.7 Å². The first-order chi connectivity index (χ1) is 8.02. The van der Waals surface area contributed by atoms with Crippen LogP contribution in [0.3, 0.4) is 0 Å². The van der Waals surface area contributed by atoms with Gasteiger partial charge in [0.15, 0.2) is 0 Å². The first-order valence-electron chi connectivity index (χ1n) is 6.57. The van der Waals surface area contributed by atoms with Crippen LogP contribution in [-0.2, 0) is 7.05 Å². The Balaban J connectivity index is 2.31. The Bertz CT molecular complexity index is 388. The van der Waals surface area contributed by atoms with Gasteiger partial charge in [0, 0.05) is 20.1 Å². The molecular formula is C13H24N4. The van der Waals surface area contributed by atoms with Crippen LogP contribution in [0.1, 0.15) is 51.1 Å². The van der Waals surface area contributed by atoms with Gasteiger partial charge in [0.25, 0.3) is 0 Å². The summed E-state index contributed by atoms with van der Waals surface area (Å²) in [5.41, 5.74) is 8.13. The van der Waals surface area contributed by atoms with E-state index in [0.717, 1.165) is 17.2 Å². The minimum absolute atomic E-state index is 0.381. The Morgan fingerprint density at radius 3 is 2.41 bits per heavy atom. The van der Waals surface area contributed by atoms with Gasteiger partial charge in [0.05, 0.1) is 11.4 Å². The summed E-state index contributed by atoms with van der Waals surface area (Å²) in [6.45, 7) is 4.27. The predicted molar refractivity (Wildman–Crippen MR) is 72.4 cm³/mol. The van der Waals surface area contributed by atoms with Crippen molar-refractivity contribution in [3.8, 4) is 0 Å². The highest BCUT2D eigenvalue weighted by Crippen LogP contribution is 2.34. The van der Waals surface area contributed by atoms with Crippen molar-refractivity contribution in [1.82, 2.24) is 9.78 Å². The van der Waals surface area contributed by atoms with E-state index >= 15 is 0 Å². The molecule has 1 aromatic rings. The molecule has 96 valence electrons. The van der Waals surface area contributed by atoms with Crippen LogP contribution in [0.4, 0.5) is 11.5 Å². The van der Waals surface area contributed by atoms with Crippen LogP contribution < -0.4 is 10.6 Å². The van der Waals surface area contributed by atoms with E-state index in [4.69, 9.17) is 5.73 Å². The Morgan fingerprint density at radius 2 is 1.94 bits per heavy atom. The van der Waals surface area contributed by atoms with Crippen LogP contribution >= 0.6 is 0 Å². The van der Waals surface area contributed by atoms with Crippen molar-refractivity contribution in [2.45, 2.75) is 51.5 Å². The van der Waals surface area contributed by atoms with Crippen LogP contribution in [0, 0.1) is 0 Å². The molecule has 17 heavy (non-hydrogen) atoms. The van der Waals surface area contributed by atoms with E-state index in [0.29, 0.717) is 12.0 Å². The summed E-state index contributed by atoms with van der Waals surface area (Å²) in [7, 11) is 4.14. The molecular weight excluding hydrogens is 212 g/mol. The lowest BCUT2D eigenvalue weighted by Crippen LogP contribution is -2.31. The zero-order valence-electron chi connectivity index (χ0n) is 11.4. The number of nitrogens with zero attached hydrogens (tertiary/aromatic N) is 3. The van der Waals surface area contributed by atoms with Gasteiger partial charge in [0.2, 0.25) is 0 Å². The Kier molecular flexibility index (Phi) is 3.31. The zero-order valence-corrected chi connectivity index (χ0v) is 11.4. The van der Waals surface area contributed by atoms with Gasteiger partial charge in [-0.3, -0.25) is 4.68 Å². The lowest BCUT2D eigenvalue weighted by Gasteiger charge is -2.26. The molecule has 0 saturated heterocycles. The van der Waals surface area contributed by atoms with E-state index in [-0.39, 0.29) is 0 Å². The smallest absolute Gasteiger partial charge is 0.150 e. The van der Waals surface area contributed by atoms with E-state index in [2.05, 4.69) is 30.9 Å². The molecule has 0 atom stereocenters. The monoisotopic (exact) mass is 236 g/mol.